The number of esters is 1. The molecule has 1 aromatic rings. The average Bonchev–Trinajstić information content (AvgIpc) is 2.45. The smallest absolute Gasteiger partial charge is 0.325 e. The second-order valence-electron chi connectivity index (χ2n) is 4.15. The van der Waals surface area contributed by atoms with Crippen LogP contribution < -0.4 is 0 Å². The Hall–Kier alpha value is -1.11. The maximum Gasteiger partial charge on any atom is 0.325 e. The van der Waals surface area contributed by atoms with Crippen molar-refractivity contribution in [2.45, 2.75) is 6.92 Å². The van der Waals surface area contributed by atoms with Crippen molar-refractivity contribution in [1.29, 1.82) is 0 Å². The first-order valence-corrected chi connectivity index (χ1v) is 7.55. The highest BCUT2D eigenvalue weighted by Gasteiger charge is 2.21. The number of amides is 1. The van der Waals surface area contributed by atoms with Gasteiger partial charge in [-0.25, -0.2) is 0 Å². The van der Waals surface area contributed by atoms with Crippen molar-refractivity contribution in [3.05, 3.63) is 33.3 Å². The molecule has 5 nitrogen and oxygen atoms in total. The van der Waals surface area contributed by atoms with Crippen molar-refractivity contribution in [2.24, 2.45) is 0 Å². The highest BCUT2D eigenvalue weighted by atomic mass is 79.9. The summed E-state index contributed by atoms with van der Waals surface area (Å²) in [7, 11) is 1.53. The third kappa shape index (κ3) is 5.65. The Morgan fingerprint density at radius 3 is 2.71 bits per heavy atom. The van der Waals surface area contributed by atoms with E-state index in [1.165, 1.54) is 12.0 Å². The zero-order valence-electron chi connectivity index (χ0n) is 11.9. The Morgan fingerprint density at radius 1 is 1.38 bits per heavy atom. The van der Waals surface area contributed by atoms with E-state index in [4.69, 9.17) is 21.1 Å². The fourth-order valence-electron chi connectivity index (χ4n) is 1.65. The van der Waals surface area contributed by atoms with E-state index < -0.39 is 5.97 Å². The third-order valence-electron chi connectivity index (χ3n) is 2.64. The number of rotatable bonds is 7. The molecule has 0 aliphatic carbocycles. The predicted octanol–water partition coefficient (Wildman–Crippen LogP) is 2.75. The first-order chi connectivity index (χ1) is 9.99. The molecular weight excluding hydrogens is 362 g/mol. The molecule has 1 aromatic carbocycles. The molecule has 21 heavy (non-hydrogen) atoms. The Bertz CT molecular complexity index is 510. The van der Waals surface area contributed by atoms with Gasteiger partial charge in [0.2, 0.25) is 0 Å². The van der Waals surface area contributed by atoms with Crippen LogP contribution in [0.15, 0.2) is 22.7 Å². The quantitative estimate of drug-likeness (QED) is 0.685. The van der Waals surface area contributed by atoms with Gasteiger partial charge in [0.25, 0.3) is 5.91 Å². The minimum atomic E-state index is -0.458. The van der Waals surface area contributed by atoms with Crippen LogP contribution in [0, 0.1) is 0 Å². The first-order valence-electron chi connectivity index (χ1n) is 6.38. The zero-order valence-corrected chi connectivity index (χ0v) is 14.2. The van der Waals surface area contributed by atoms with Gasteiger partial charge in [0.05, 0.1) is 18.8 Å². The monoisotopic (exact) mass is 377 g/mol. The second kappa shape index (κ2) is 9.02. The Morgan fingerprint density at radius 2 is 2.10 bits per heavy atom. The van der Waals surface area contributed by atoms with Gasteiger partial charge in [-0.1, -0.05) is 11.6 Å². The molecule has 1 amide bonds. The van der Waals surface area contributed by atoms with Gasteiger partial charge in [0.15, 0.2) is 0 Å². The van der Waals surface area contributed by atoms with Crippen LogP contribution in [-0.4, -0.2) is 50.2 Å². The molecule has 0 aliphatic rings. The molecule has 0 aromatic heterocycles. The number of ether oxygens (including phenoxy) is 2. The summed E-state index contributed by atoms with van der Waals surface area (Å²) in [6.45, 7) is 2.46. The van der Waals surface area contributed by atoms with Crippen LogP contribution >= 0.6 is 27.5 Å². The van der Waals surface area contributed by atoms with Crippen LogP contribution in [0.2, 0.25) is 5.02 Å². The molecule has 116 valence electrons. The van der Waals surface area contributed by atoms with E-state index in [9.17, 15) is 9.59 Å². The Balaban J connectivity index is 2.92. The van der Waals surface area contributed by atoms with Gasteiger partial charge in [-0.05, 0) is 41.1 Å². The van der Waals surface area contributed by atoms with Crippen molar-refractivity contribution in [3.8, 4) is 0 Å². The SMILES string of the molecule is CCOC(=O)CN(CCOC)C(=O)c1cc(Cl)ccc1Br. The fraction of sp³-hybridized carbons (Fsp3) is 0.429. The lowest BCUT2D eigenvalue weighted by Crippen LogP contribution is -2.38. The number of benzene rings is 1. The van der Waals surface area contributed by atoms with Crippen LogP contribution in [0.25, 0.3) is 0 Å². The number of carbonyl (C=O) groups is 2. The Labute approximate surface area is 137 Å². The van der Waals surface area contributed by atoms with Gasteiger partial charge in [0.1, 0.15) is 6.54 Å². The van der Waals surface area contributed by atoms with Crippen LogP contribution in [-0.2, 0) is 14.3 Å². The molecule has 0 heterocycles. The van der Waals surface area contributed by atoms with Gasteiger partial charge in [-0.15, -0.1) is 0 Å². The van der Waals surface area contributed by atoms with Gasteiger partial charge in [-0.3, -0.25) is 9.59 Å². The van der Waals surface area contributed by atoms with E-state index in [-0.39, 0.29) is 25.6 Å². The molecule has 0 spiro atoms. The molecule has 0 saturated heterocycles. The molecule has 0 radical (unpaired) electrons. The van der Waals surface area contributed by atoms with E-state index in [1.54, 1.807) is 25.1 Å². The molecule has 0 unspecified atom stereocenters. The van der Waals surface area contributed by atoms with Crippen LogP contribution in [0.5, 0.6) is 0 Å². The average molecular weight is 379 g/mol. The molecule has 0 N–H and O–H groups in total. The lowest BCUT2D eigenvalue weighted by molar-refractivity contribution is -0.143. The van der Waals surface area contributed by atoms with E-state index in [0.29, 0.717) is 21.7 Å². The highest BCUT2D eigenvalue weighted by Crippen LogP contribution is 2.22. The van der Waals surface area contributed by atoms with E-state index in [0.717, 1.165) is 0 Å². The minimum absolute atomic E-state index is 0.130. The Kier molecular flexibility index (Phi) is 7.71. The molecular formula is C14H17BrClNO4. The van der Waals surface area contributed by atoms with E-state index >= 15 is 0 Å². The number of hydrogen-bond donors (Lipinski definition) is 0. The van der Waals surface area contributed by atoms with Crippen LogP contribution in [0.4, 0.5) is 0 Å². The number of methoxy groups -OCH3 is 1. The van der Waals surface area contributed by atoms with Crippen LogP contribution in [0.1, 0.15) is 17.3 Å². The molecule has 0 atom stereocenters. The topological polar surface area (TPSA) is 55.8 Å². The van der Waals surface area contributed by atoms with Gasteiger partial charge in [-0.2, -0.15) is 0 Å². The molecule has 0 aliphatic heterocycles. The predicted molar refractivity (Wildman–Crippen MR) is 83.6 cm³/mol. The standard InChI is InChI=1S/C14H17BrClNO4/c1-3-21-13(18)9-17(6-7-20-2)14(19)11-8-10(16)4-5-12(11)15/h4-5,8H,3,6-7,9H2,1-2H3. The molecule has 1 rings (SSSR count). The van der Waals surface area contributed by atoms with Gasteiger partial charge >= 0.3 is 5.97 Å². The first kappa shape index (κ1) is 17.9. The molecule has 0 saturated carbocycles. The summed E-state index contributed by atoms with van der Waals surface area (Å²) in [6, 6.07) is 4.92. The van der Waals surface area contributed by atoms with Crippen molar-refractivity contribution >= 4 is 39.4 Å². The zero-order chi connectivity index (χ0) is 15.8. The molecule has 7 heteroatoms. The lowest BCUT2D eigenvalue weighted by Gasteiger charge is -2.22. The fourth-order valence-corrected chi connectivity index (χ4v) is 2.24. The summed E-state index contributed by atoms with van der Waals surface area (Å²) in [5.74, 6) is -0.769. The molecule has 0 fully saturated rings. The summed E-state index contributed by atoms with van der Waals surface area (Å²) < 4.78 is 10.5. The van der Waals surface area contributed by atoms with Gasteiger partial charge in [0, 0.05) is 23.1 Å². The van der Waals surface area contributed by atoms with E-state index in [2.05, 4.69) is 15.9 Å². The highest BCUT2D eigenvalue weighted by molar-refractivity contribution is 9.10. The van der Waals surface area contributed by atoms with Gasteiger partial charge < -0.3 is 14.4 Å². The minimum Gasteiger partial charge on any atom is -0.465 e. The number of nitrogens with zero attached hydrogens (tertiary/aromatic N) is 1. The summed E-state index contributed by atoms with van der Waals surface area (Å²) >= 11 is 9.23. The molecule has 0 bridgehead atoms. The van der Waals surface area contributed by atoms with Crippen molar-refractivity contribution in [3.63, 3.8) is 0 Å². The number of hydrogen-bond acceptors (Lipinski definition) is 4. The number of halogens is 2. The van der Waals surface area contributed by atoms with E-state index in [1.807, 2.05) is 0 Å². The second-order valence-corrected chi connectivity index (χ2v) is 5.44. The van der Waals surface area contributed by atoms with Crippen molar-refractivity contribution in [1.82, 2.24) is 4.90 Å². The summed E-state index contributed by atoms with van der Waals surface area (Å²) in [5, 5.41) is 0.448. The maximum atomic E-state index is 12.5. The third-order valence-corrected chi connectivity index (χ3v) is 3.56. The number of carbonyl (C=O) groups excluding carboxylic acids is 2. The largest absolute Gasteiger partial charge is 0.465 e. The lowest BCUT2D eigenvalue weighted by atomic mass is 10.2. The summed E-state index contributed by atoms with van der Waals surface area (Å²) in [5.41, 5.74) is 0.392. The maximum absolute atomic E-state index is 12.5. The van der Waals surface area contributed by atoms with Crippen molar-refractivity contribution in [2.75, 3.05) is 33.4 Å². The van der Waals surface area contributed by atoms with Crippen LogP contribution in [0.3, 0.4) is 0 Å². The summed E-state index contributed by atoms with van der Waals surface area (Å²) in [6.07, 6.45) is 0. The normalized spacial score (nSPS) is 10.3. The summed E-state index contributed by atoms with van der Waals surface area (Å²) in [4.78, 5) is 25.5. The van der Waals surface area contributed by atoms with Crippen molar-refractivity contribution < 1.29 is 19.1 Å².